The first kappa shape index (κ1) is 16.0. The van der Waals surface area contributed by atoms with Gasteiger partial charge in [-0.2, -0.15) is 0 Å². The maximum Gasteiger partial charge on any atom is 0.139 e. The van der Waals surface area contributed by atoms with E-state index in [0.29, 0.717) is 5.02 Å². The van der Waals surface area contributed by atoms with Gasteiger partial charge in [0.2, 0.25) is 0 Å². The molecular weight excluding hydrogens is 352 g/mol. The number of nitrogens with zero attached hydrogens (tertiary/aromatic N) is 2. The third kappa shape index (κ3) is 4.08. The molecule has 0 aliphatic rings. The highest BCUT2D eigenvalue weighted by Gasteiger charge is 2.11. The number of anilines is 3. The summed E-state index contributed by atoms with van der Waals surface area (Å²) in [7, 11) is 0. The Balaban J connectivity index is 2.33. The molecule has 6 heteroatoms. The van der Waals surface area contributed by atoms with Crippen molar-refractivity contribution >= 4 is 44.9 Å². The van der Waals surface area contributed by atoms with Crippen LogP contribution in [0.5, 0.6) is 0 Å². The van der Waals surface area contributed by atoms with Crippen molar-refractivity contribution in [3.05, 3.63) is 39.6 Å². The van der Waals surface area contributed by atoms with Crippen LogP contribution in [0.15, 0.2) is 29.0 Å². The van der Waals surface area contributed by atoms with E-state index in [1.165, 1.54) is 0 Å². The molecule has 4 nitrogen and oxygen atoms in total. The average molecular weight is 370 g/mol. The number of aromatic nitrogens is 2. The van der Waals surface area contributed by atoms with Gasteiger partial charge in [-0.05, 0) is 31.0 Å². The highest BCUT2D eigenvalue weighted by molar-refractivity contribution is 9.10. The molecule has 2 N–H and O–H groups in total. The van der Waals surface area contributed by atoms with Crippen LogP contribution in [0, 0.1) is 0 Å². The second kappa shape index (κ2) is 7.61. The monoisotopic (exact) mass is 368 g/mol. The average Bonchev–Trinajstić information content (AvgIpc) is 2.49. The molecule has 112 valence electrons. The van der Waals surface area contributed by atoms with Gasteiger partial charge in [0, 0.05) is 16.6 Å². The molecule has 0 saturated heterocycles. The van der Waals surface area contributed by atoms with Crippen molar-refractivity contribution in [1.82, 2.24) is 9.97 Å². The number of halogens is 2. The molecule has 0 bridgehead atoms. The van der Waals surface area contributed by atoms with Gasteiger partial charge in [-0.25, -0.2) is 9.97 Å². The number of hydrogen-bond acceptors (Lipinski definition) is 4. The molecule has 0 fully saturated rings. The van der Waals surface area contributed by atoms with Crippen LogP contribution in [0.3, 0.4) is 0 Å². The second-order valence-corrected chi connectivity index (χ2v) is 5.90. The van der Waals surface area contributed by atoms with Crippen LogP contribution in [0.4, 0.5) is 17.3 Å². The van der Waals surface area contributed by atoms with Crippen LogP contribution in [-0.4, -0.2) is 16.5 Å². The van der Waals surface area contributed by atoms with E-state index < -0.39 is 0 Å². The summed E-state index contributed by atoms with van der Waals surface area (Å²) in [5.74, 6) is 1.66. The highest BCUT2D eigenvalue weighted by Crippen LogP contribution is 2.30. The summed E-state index contributed by atoms with van der Waals surface area (Å²) >= 11 is 9.67. The second-order valence-electron chi connectivity index (χ2n) is 4.58. The Hall–Kier alpha value is -1.33. The van der Waals surface area contributed by atoms with E-state index in [4.69, 9.17) is 11.6 Å². The Morgan fingerprint density at radius 2 is 1.95 bits per heavy atom. The Labute approximate surface area is 138 Å². The minimum absolute atomic E-state index is 0.655. The SMILES string of the molecule is CCCNc1ncnc(Nc2cc(Br)ccc2Cl)c1CC. The Bertz CT molecular complexity index is 619. The molecule has 1 heterocycles. The summed E-state index contributed by atoms with van der Waals surface area (Å²) in [5, 5.41) is 7.28. The summed E-state index contributed by atoms with van der Waals surface area (Å²) in [6.45, 7) is 5.10. The quantitative estimate of drug-likeness (QED) is 0.750. The van der Waals surface area contributed by atoms with E-state index in [0.717, 1.165) is 46.7 Å². The van der Waals surface area contributed by atoms with Crippen molar-refractivity contribution in [3.8, 4) is 0 Å². The Morgan fingerprint density at radius 3 is 2.67 bits per heavy atom. The molecule has 0 saturated carbocycles. The lowest BCUT2D eigenvalue weighted by atomic mass is 10.2. The van der Waals surface area contributed by atoms with Crippen LogP contribution in [-0.2, 0) is 6.42 Å². The van der Waals surface area contributed by atoms with Crippen LogP contribution in [0.2, 0.25) is 5.02 Å². The Kier molecular flexibility index (Phi) is 5.82. The topological polar surface area (TPSA) is 49.8 Å². The van der Waals surface area contributed by atoms with Gasteiger partial charge in [-0.15, -0.1) is 0 Å². The van der Waals surface area contributed by atoms with Crippen molar-refractivity contribution in [2.24, 2.45) is 0 Å². The summed E-state index contributed by atoms with van der Waals surface area (Å²) in [4.78, 5) is 8.67. The van der Waals surface area contributed by atoms with Gasteiger partial charge in [0.05, 0.1) is 10.7 Å². The van der Waals surface area contributed by atoms with Crippen molar-refractivity contribution in [2.75, 3.05) is 17.2 Å². The number of hydrogen-bond donors (Lipinski definition) is 2. The van der Waals surface area contributed by atoms with E-state index in [9.17, 15) is 0 Å². The fraction of sp³-hybridized carbons (Fsp3) is 0.333. The molecule has 2 rings (SSSR count). The van der Waals surface area contributed by atoms with Crippen molar-refractivity contribution < 1.29 is 0 Å². The molecule has 0 aliphatic carbocycles. The molecule has 0 amide bonds. The van der Waals surface area contributed by atoms with Crippen molar-refractivity contribution in [3.63, 3.8) is 0 Å². The molecule has 2 aromatic rings. The van der Waals surface area contributed by atoms with Gasteiger partial charge in [0.1, 0.15) is 18.0 Å². The van der Waals surface area contributed by atoms with Crippen LogP contribution >= 0.6 is 27.5 Å². The zero-order chi connectivity index (χ0) is 15.2. The third-order valence-electron chi connectivity index (χ3n) is 3.02. The fourth-order valence-electron chi connectivity index (χ4n) is 1.97. The first-order chi connectivity index (χ1) is 10.2. The van der Waals surface area contributed by atoms with E-state index >= 15 is 0 Å². The maximum atomic E-state index is 6.22. The summed E-state index contributed by atoms with van der Waals surface area (Å²) < 4.78 is 0.964. The van der Waals surface area contributed by atoms with Crippen LogP contribution < -0.4 is 10.6 Å². The van der Waals surface area contributed by atoms with E-state index in [-0.39, 0.29) is 0 Å². The molecule has 0 unspecified atom stereocenters. The zero-order valence-corrected chi connectivity index (χ0v) is 14.4. The van der Waals surface area contributed by atoms with Crippen LogP contribution in [0.25, 0.3) is 0 Å². The number of benzene rings is 1. The minimum atomic E-state index is 0.655. The van der Waals surface area contributed by atoms with Gasteiger partial charge >= 0.3 is 0 Å². The maximum absolute atomic E-state index is 6.22. The summed E-state index contributed by atoms with van der Waals surface area (Å²) in [5.41, 5.74) is 1.88. The molecule has 0 spiro atoms. The van der Waals surface area contributed by atoms with E-state index in [2.05, 4.69) is 50.4 Å². The zero-order valence-electron chi connectivity index (χ0n) is 12.1. The van der Waals surface area contributed by atoms with E-state index in [1.54, 1.807) is 6.33 Å². The van der Waals surface area contributed by atoms with Gasteiger partial charge in [0.15, 0.2) is 0 Å². The standard InChI is InChI=1S/C15H18BrClN4/c1-3-7-18-14-11(4-2)15(20-9-19-14)21-13-8-10(16)5-6-12(13)17/h5-6,8-9H,3-4,7H2,1-2H3,(H2,18,19,20,21). The molecule has 0 radical (unpaired) electrons. The summed E-state index contributed by atoms with van der Waals surface area (Å²) in [6, 6.07) is 5.68. The lowest BCUT2D eigenvalue weighted by molar-refractivity contribution is 0.949. The van der Waals surface area contributed by atoms with Crippen molar-refractivity contribution in [2.45, 2.75) is 26.7 Å². The van der Waals surface area contributed by atoms with Gasteiger partial charge in [0.25, 0.3) is 0 Å². The smallest absolute Gasteiger partial charge is 0.139 e. The Morgan fingerprint density at radius 1 is 1.19 bits per heavy atom. The fourth-order valence-corrected chi connectivity index (χ4v) is 2.50. The molecule has 21 heavy (non-hydrogen) atoms. The molecule has 0 atom stereocenters. The van der Waals surface area contributed by atoms with Gasteiger partial charge in [-0.3, -0.25) is 0 Å². The third-order valence-corrected chi connectivity index (χ3v) is 3.85. The van der Waals surface area contributed by atoms with Crippen molar-refractivity contribution in [1.29, 1.82) is 0 Å². The largest absolute Gasteiger partial charge is 0.370 e. The lowest BCUT2D eigenvalue weighted by Gasteiger charge is -2.15. The minimum Gasteiger partial charge on any atom is -0.370 e. The predicted molar refractivity (Wildman–Crippen MR) is 92.6 cm³/mol. The molecule has 0 aliphatic heterocycles. The summed E-state index contributed by atoms with van der Waals surface area (Å²) in [6.07, 6.45) is 3.44. The molecule has 1 aromatic carbocycles. The number of rotatable bonds is 6. The number of nitrogens with one attached hydrogen (secondary N) is 2. The lowest BCUT2D eigenvalue weighted by Crippen LogP contribution is -2.08. The predicted octanol–water partition coefficient (Wildman–Crippen LogP) is 5.02. The van der Waals surface area contributed by atoms with Gasteiger partial charge < -0.3 is 10.6 Å². The highest BCUT2D eigenvalue weighted by atomic mass is 79.9. The molecular formula is C15H18BrClN4. The van der Waals surface area contributed by atoms with Crippen LogP contribution in [0.1, 0.15) is 25.8 Å². The molecule has 1 aromatic heterocycles. The first-order valence-electron chi connectivity index (χ1n) is 6.95. The van der Waals surface area contributed by atoms with E-state index in [1.807, 2.05) is 18.2 Å². The first-order valence-corrected chi connectivity index (χ1v) is 8.12. The van der Waals surface area contributed by atoms with Gasteiger partial charge in [-0.1, -0.05) is 41.4 Å². The normalized spacial score (nSPS) is 10.5.